The van der Waals surface area contributed by atoms with Gasteiger partial charge < -0.3 is 11.1 Å². The molecule has 1 atom stereocenters. The number of carbonyl (C=O) groups is 2. The molecule has 0 aliphatic heterocycles. The molecular formula is C19H27FN4O2. The Labute approximate surface area is 152 Å². The summed E-state index contributed by atoms with van der Waals surface area (Å²) in [7, 11) is 0. The molecule has 0 unspecified atom stereocenters. The number of fused-ring (bicyclic) bond motifs is 1. The molecule has 2 amide bonds. The van der Waals surface area contributed by atoms with Crippen LogP contribution < -0.4 is 11.1 Å². The summed E-state index contributed by atoms with van der Waals surface area (Å²) >= 11 is 0. The number of nitrogens with one attached hydrogen (secondary N) is 1. The summed E-state index contributed by atoms with van der Waals surface area (Å²) in [4.78, 5) is 24.5. The summed E-state index contributed by atoms with van der Waals surface area (Å²) in [5.41, 5.74) is 6.05. The van der Waals surface area contributed by atoms with Crippen molar-refractivity contribution in [2.45, 2.75) is 52.6 Å². The van der Waals surface area contributed by atoms with E-state index in [0.29, 0.717) is 18.4 Å². The van der Waals surface area contributed by atoms with Crippen molar-refractivity contribution in [2.75, 3.05) is 6.67 Å². The molecule has 142 valence electrons. The molecule has 26 heavy (non-hydrogen) atoms. The number of halogens is 1. The Hall–Kier alpha value is -2.44. The van der Waals surface area contributed by atoms with Gasteiger partial charge in [-0.1, -0.05) is 39.0 Å². The third-order valence-corrected chi connectivity index (χ3v) is 4.30. The predicted octanol–water partition coefficient (Wildman–Crippen LogP) is 2.81. The van der Waals surface area contributed by atoms with Crippen LogP contribution in [0.25, 0.3) is 10.9 Å². The number of aromatic nitrogens is 2. The molecule has 0 saturated carbocycles. The first-order valence-corrected chi connectivity index (χ1v) is 8.87. The Morgan fingerprint density at radius 1 is 1.23 bits per heavy atom. The van der Waals surface area contributed by atoms with Crippen LogP contribution in [0.2, 0.25) is 0 Å². The van der Waals surface area contributed by atoms with Crippen molar-refractivity contribution in [1.29, 1.82) is 0 Å². The van der Waals surface area contributed by atoms with Gasteiger partial charge in [0.25, 0.3) is 5.91 Å². The van der Waals surface area contributed by atoms with Crippen molar-refractivity contribution in [2.24, 2.45) is 11.1 Å². The molecule has 0 aliphatic carbocycles. The Morgan fingerprint density at radius 3 is 2.54 bits per heavy atom. The molecule has 3 N–H and O–H groups in total. The fourth-order valence-corrected chi connectivity index (χ4v) is 2.91. The molecule has 1 aromatic heterocycles. The highest BCUT2D eigenvalue weighted by atomic mass is 19.1. The number of unbranched alkanes of at least 4 members (excludes halogenated alkanes) is 2. The second kappa shape index (κ2) is 8.29. The monoisotopic (exact) mass is 362 g/mol. The predicted molar refractivity (Wildman–Crippen MR) is 99.5 cm³/mol. The largest absolute Gasteiger partial charge is 0.368 e. The molecule has 2 rings (SSSR count). The van der Waals surface area contributed by atoms with Crippen LogP contribution in [0, 0.1) is 5.41 Å². The first-order chi connectivity index (χ1) is 12.3. The number of amides is 2. The van der Waals surface area contributed by atoms with E-state index in [-0.39, 0.29) is 12.4 Å². The number of hydrogen-bond donors (Lipinski definition) is 2. The van der Waals surface area contributed by atoms with E-state index in [0.717, 1.165) is 18.4 Å². The highest BCUT2D eigenvalue weighted by molar-refractivity contribution is 6.06. The summed E-state index contributed by atoms with van der Waals surface area (Å²) < 4.78 is 14.0. The van der Waals surface area contributed by atoms with Gasteiger partial charge in [-0.3, -0.25) is 18.7 Å². The molecule has 0 fully saturated rings. The average molecular weight is 362 g/mol. The van der Waals surface area contributed by atoms with Crippen molar-refractivity contribution in [3.8, 4) is 0 Å². The molecule has 0 spiro atoms. The zero-order valence-electron chi connectivity index (χ0n) is 15.6. The number of aryl methyl sites for hydroxylation is 1. The number of rotatable bonds is 8. The van der Waals surface area contributed by atoms with E-state index in [1.807, 2.05) is 45.0 Å². The molecule has 0 radical (unpaired) electrons. The molecule has 7 heteroatoms. The quantitative estimate of drug-likeness (QED) is 0.708. The van der Waals surface area contributed by atoms with Crippen molar-refractivity contribution < 1.29 is 14.0 Å². The highest BCUT2D eigenvalue weighted by Gasteiger charge is 2.32. The Balaban J connectivity index is 2.28. The van der Waals surface area contributed by atoms with Crippen LogP contribution in [0.15, 0.2) is 24.3 Å². The molecular weight excluding hydrogens is 335 g/mol. The minimum Gasteiger partial charge on any atom is -0.368 e. The molecule has 1 aromatic carbocycles. The smallest absolute Gasteiger partial charge is 0.273 e. The first kappa shape index (κ1) is 19.9. The van der Waals surface area contributed by atoms with Crippen molar-refractivity contribution in [3.05, 3.63) is 30.0 Å². The number of carbonyl (C=O) groups excluding carboxylic acids is 2. The van der Waals surface area contributed by atoms with E-state index in [9.17, 15) is 14.0 Å². The van der Waals surface area contributed by atoms with E-state index in [1.54, 1.807) is 4.68 Å². The minimum atomic E-state index is -0.802. The summed E-state index contributed by atoms with van der Waals surface area (Å²) in [5.74, 6) is -1.01. The minimum absolute atomic E-state index is 0.265. The maximum atomic E-state index is 12.8. The van der Waals surface area contributed by atoms with Crippen LogP contribution in [0.1, 0.15) is 50.5 Å². The van der Waals surface area contributed by atoms with E-state index in [1.165, 1.54) is 0 Å². The van der Waals surface area contributed by atoms with E-state index >= 15 is 0 Å². The summed E-state index contributed by atoms with van der Waals surface area (Å²) in [5, 5.41) is 7.87. The maximum Gasteiger partial charge on any atom is 0.273 e. The fourth-order valence-electron chi connectivity index (χ4n) is 2.91. The van der Waals surface area contributed by atoms with Crippen LogP contribution >= 0.6 is 0 Å². The summed E-state index contributed by atoms with van der Waals surface area (Å²) in [6.07, 6.45) is 2.07. The van der Waals surface area contributed by atoms with Crippen LogP contribution in [0.3, 0.4) is 0 Å². The van der Waals surface area contributed by atoms with Crippen molar-refractivity contribution >= 4 is 22.7 Å². The third-order valence-electron chi connectivity index (χ3n) is 4.30. The molecule has 1 heterocycles. The van der Waals surface area contributed by atoms with E-state index in [4.69, 9.17) is 5.73 Å². The number of nitrogens with two attached hydrogens (primary N) is 1. The van der Waals surface area contributed by atoms with Crippen molar-refractivity contribution in [3.63, 3.8) is 0 Å². The molecule has 6 nitrogen and oxygen atoms in total. The number of primary amides is 1. The van der Waals surface area contributed by atoms with Gasteiger partial charge in [-0.15, -0.1) is 0 Å². The third kappa shape index (κ3) is 4.59. The van der Waals surface area contributed by atoms with Gasteiger partial charge in [0.05, 0.1) is 12.2 Å². The van der Waals surface area contributed by atoms with Crippen LogP contribution in [-0.2, 0) is 11.3 Å². The lowest BCUT2D eigenvalue weighted by Crippen LogP contribution is -2.52. The Kier molecular flexibility index (Phi) is 6.34. The standard InChI is InChI=1S/C19H27FN4O2/c1-19(2,3)16(17(21)25)22-18(26)15-13-9-5-6-10-14(13)24(23-15)12-8-4-7-11-20/h5-6,9-10,16H,4,7-8,11-12H2,1-3H3,(H2,21,25)(H,22,26)/t16-/m0/s1. The second-order valence-electron chi connectivity index (χ2n) is 7.51. The fraction of sp³-hybridized carbons (Fsp3) is 0.526. The molecule has 0 bridgehead atoms. The van der Waals surface area contributed by atoms with Crippen molar-refractivity contribution in [1.82, 2.24) is 15.1 Å². The SMILES string of the molecule is CC(C)(C)[C@@H](NC(=O)c1nn(CCCCCF)c2ccccc12)C(N)=O. The molecule has 0 aliphatic rings. The van der Waals surface area contributed by atoms with Gasteiger partial charge in [0.15, 0.2) is 5.69 Å². The topological polar surface area (TPSA) is 90.0 Å². The van der Waals surface area contributed by atoms with Gasteiger partial charge in [0, 0.05) is 11.9 Å². The molecule has 2 aromatic rings. The van der Waals surface area contributed by atoms with E-state index < -0.39 is 23.3 Å². The van der Waals surface area contributed by atoms with Gasteiger partial charge in [-0.25, -0.2) is 0 Å². The van der Waals surface area contributed by atoms with Crippen LogP contribution in [0.5, 0.6) is 0 Å². The Bertz CT molecular complexity index is 779. The van der Waals surface area contributed by atoms with Gasteiger partial charge >= 0.3 is 0 Å². The van der Waals surface area contributed by atoms with Crippen LogP contribution in [-0.4, -0.2) is 34.3 Å². The van der Waals surface area contributed by atoms with Gasteiger partial charge in [0.1, 0.15) is 6.04 Å². The summed E-state index contributed by atoms with van der Waals surface area (Å²) in [6.45, 7) is 5.79. The number of benzene rings is 1. The van der Waals surface area contributed by atoms with Gasteiger partial charge in [-0.2, -0.15) is 5.10 Å². The number of para-hydroxylation sites is 1. The average Bonchev–Trinajstić information content (AvgIpc) is 2.94. The lowest BCUT2D eigenvalue weighted by Gasteiger charge is -2.28. The van der Waals surface area contributed by atoms with Gasteiger partial charge in [0.2, 0.25) is 5.91 Å². The zero-order chi connectivity index (χ0) is 19.3. The number of hydrogen-bond acceptors (Lipinski definition) is 3. The second-order valence-corrected chi connectivity index (χ2v) is 7.51. The maximum absolute atomic E-state index is 12.8. The van der Waals surface area contributed by atoms with Crippen LogP contribution in [0.4, 0.5) is 4.39 Å². The lowest BCUT2D eigenvalue weighted by atomic mass is 9.86. The summed E-state index contributed by atoms with van der Waals surface area (Å²) in [6, 6.07) is 6.63. The number of alkyl halides is 1. The first-order valence-electron chi connectivity index (χ1n) is 8.87. The highest BCUT2D eigenvalue weighted by Crippen LogP contribution is 2.22. The van der Waals surface area contributed by atoms with Gasteiger partial charge in [-0.05, 0) is 30.7 Å². The number of nitrogens with zero attached hydrogens (tertiary/aromatic N) is 2. The Morgan fingerprint density at radius 2 is 1.92 bits per heavy atom. The normalized spacial score (nSPS) is 12.9. The van der Waals surface area contributed by atoms with E-state index in [2.05, 4.69) is 10.4 Å². The lowest BCUT2D eigenvalue weighted by molar-refractivity contribution is -0.122. The molecule has 0 saturated heterocycles. The zero-order valence-corrected chi connectivity index (χ0v) is 15.6.